The van der Waals surface area contributed by atoms with E-state index in [9.17, 15) is 0 Å². The first kappa shape index (κ1) is 8.55. The summed E-state index contributed by atoms with van der Waals surface area (Å²) in [5.74, 6) is 3.06. The van der Waals surface area contributed by atoms with E-state index < -0.39 is 0 Å². The summed E-state index contributed by atoms with van der Waals surface area (Å²) in [6.07, 6.45) is 6.03. The van der Waals surface area contributed by atoms with E-state index in [2.05, 4.69) is 13.8 Å². The highest BCUT2D eigenvalue weighted by atomic mass is 16.5. The summed E-state index contributed by atoms with van der Waals surface area (Å²) in [5.41, 5.74) is 0. The summed E-state index contributed by atoms with van der Waals surface area (Å²) in [4.78, 5) is 0. The maximum Gasteiger partial charge on any atom is 0.0609 e. The molecule has 4 atom stereocenters. The lowest BCUT2D eigenvalue weighted by Crippen LogP contribution is -2.55. The van der Waals surface area contributed by atoms with Gasteiger partial charge in [-0.1, -0.05) is 20.3 Å². The van der Waals surface area contributed by atoms with Gasteiger partial charge in [-0.05, 0) is 37.0 Å². The quantitative estimate of drug-likeness (QED) is 0.627. The Balaban J connectivity index is 1.68. The third kappa shape index (κ3) is 1.19. The first-order valence-electron chi connectivity index (χ1n) is 5.48. The molecule has 12 heavy (non-hydrogen) atoms. The van der Waals surface area contributed by atoms with Crippen LogP contribution in [-0.2, 0) is 4.74 Å². The molecular formula is C11H20O. The zero-order valence-corrected chi connectivity index (χ0v) is 8.25. The summed E-state index contributed by atoms with van der Waals surface area (Å²) in [6.45, 7) is 5.48. The van der Waals surface area contributed by atoms with Crippen LogP contribution in [0, 0.1) is 17.8 Å². The summed E-state index contributed by atoms with van der Waals surface area (Å²) in [7, 11) is 0. The second kappa shape index (κ2) is 3.37. The van der Waals surface area contributed by atoms with Crippen LogP contribution in [0.1, 0.15) is 39.5 Å². The molecule has 0 aromatic rings. The molecule has 0 radical (unpaired) electrons. The fraction of sp³-hybridized carbons (Fsp3) is 1.00. The van der Waals surface area contributed by atoms with Gasteiger partial charge in [-0.25, -0.2) is 0 Å². The molecule has 2 aliphatic rings. The van der Waals surface area contributed by atoms with Crippen LogP contribution in [0.3, 0.4) is 0 Å². The number of hydrogen-bond donors (Lipinski definition) is 0. The molecule has 0 heterocycles. The average molecular weight is 168 g/mol. The fourth-order valence-electron chi connectivity index (χ4n) is 2.83. The van der Waals surface area contributed by atoms with Gasteiger partial charge in [-0.2, -0.15) is 0 Å². The average Bonchev–Trinajstić information content (AvgIpc) is 2.07. The van der Waals surface area contributed by atoms with Crippen molar-refractivity contribution < 1.29 is 4.74 Å². The zero-order chi connectivity index (χ0) is 8.55. The van der Waals surface area contributed by atoms with Gasteiger partial charge in [-0.3, -0.25) is 0 Å². The van der Waals surface area contributed by atoms with Gasteiger partial charge in [0, 0.05) is 6.61 Å². The second-order valence-electron chi connectivity index (χ2n) is 4.38. The van der Waals surface area contributed by atoms with E-state index in [0.29, 0.717) is 6.10 Å². The molecule has 4 unspecified atom stereocenters. The van der Waals surface area contributed by atoms with Gasteiger partial charge in [0.25, 0.3) is 0 Å². The SMILES string of the molecule is CCCOC1CC2C(CC)CC12. The molecule has 0 saturated heterocycles. The third-order valence-electron chi connectivity index (χ3n) is 3.77. The Bertz CT molecular complexity index is 153. The van der Waals surface area contributed by atoms with Crippen LogP contribution in [0.25, 0.3) is 0 Å². The van der Waals surface area contributed by atoms with Gasteiger partial charge in [0.05, 0.1) is 6.10 Å². The topological polar surface area (TPSA) is 9.23 Å². The molecule has 1 heteroatoms. The minimum atomic E-state index is 0.651. The minimum Gasteiger partial charge on any atom is -0.378 e. The molecule has 0 amide bonds. The molecule has 0 bridgehead atoms. The van der Waals surface area contributed by atoms with Crippen LogP contribution in [0.2, 0.25) is 0 Å². The highest BCUT2D eigenvalue weighted by molar-refractivity contribution is 5.02. The van der Waals surface area contributed by atoms with Crippen molar-refractivity contribution in [3.63, 3.8) is 0 Å². The lowest BCUT2D eigenvalue weighted by atomic mass is 9.51. The molecule has 2 aliphatic carbocycles. The Morgan fingerprint density at radius 3 is 2.50 bits per heavy atom. The standard InChI is InChI=1S/C11H20O/c1-3-5-12-11-7-9-8(4-2)6-10(9)11/h8-11H,3-7H2,1-2H3. The van der Waals surface area contributed by atoms with Gasteiger partial charge in [0.1, 0.15) is 0 Å². The number of fused-ring (bicyclic) bond motifs is 1. The molecule has 2 rings (SSSR count). The fourth-order valence-corrected chi connectivity index (χ4v) is 2.83. The summed E-state index contributed by atoms with van der Waals surface area (Å²) >= 11 is 0. The Morgan fingerprint density at radius 2 is 2.00 bits per heavy atom. The van der Waals surface area contributed by atoms with E-state index >= 15 is 0 Å². The second-order valence-corrected chi connectivity index (χ2v) is 4.38. The van der Waals surface area contributed by atoms with Gasteiger partial charge in [0.15, 0.2) is 0 Å². The maximum absolute atomic E-state index is 5.75. The summed E-state index contributed by atoms with van der Waals surface area (Å²) in [5, 5.41) is 0. The van der Waals surface area contributed by atoms with Crippen molar-refractivity contribution in [2.24, 2.45) is 17.8 Å². The molecule has 0 aromatic carbocycles. The Labute approximate surface area is 75.5 Å². The van der Waals surface area contributed by atoms with Crippen molar-refractivity contribution in [2.45, 2.75) is 45.6 Å². The normalized spacial score (nSPS) is 44.5. The smallest absolute Gasteiger partial charge is 0.0609 e. The van der Waals surface area contributed by atoms with Crippen molar-refractivity contribution in [1.82, 2.24) is 0 Å². The lowest BCUT2D eigenvalue weighted by molar-refractivity contribution is -0.167. The molecule has 0 spiro atoms. The van der Waals surface area contributed by atoms with Crippen molar-refractivity contribution in [3.05, 3.63) is 0 Å². The van der Waals surface area contributed by atoms with Crippen LogP contribution in [0.15, 0.2) is 0 Å². The van der Waals surface area contributed by atoms with Crippen LogP contribution >= 0.6 is 0 Å². The van der Waals surface area contributed by atoms with Crippen molar-refractivity contribution >= 4 is 0 Å². The van der Waals surface area contributed by atoms with Gasteiger partial charge in [-0.15, -0.1) is 0 Å². The number of rotatable bonds is 4. The van der Waals surface area contributed by atoms with E-state index in [-0.39, 0.29) is 0 Å². The molecular weight excluding hydrogens is 148 g/mol. The highest BCUT2D eigenvalue weighted by Gasteiger charge is 2.53. The summed E-state index contributed by atoms with van der Waals surface area (Å²) in [6, 6.07) is 0. The Hall–Kier alpha value is -0.0400. The molecule has 0 aromatic heterocycles. The van der Waals surface area contributed by atoms with Crippen LogP contribution in [0.4, 0.5) is 0 Å². The van der Waals surface area contributed by atoms with Gasteiger partial charge >= 0.3 is 0 Å². The lowest BCUT2D eigenvalue weighted by Gasteiger charge is -2.57. The predicted octanol–water partition coefficient (Wildman–Crippen LogP) is 2.85. The van der Waals surface area contributed by atoms with Crippen molar-refractivity contribution in [1.29, 1.82) is 0 Å². The Morgan fingerprint density at radius 1 is 1.17 bits per heavy atom. The van der Waals surface area contributed by atoms with E-state index in [1.807, 2.05) is 0 Å². The van der Waals surface area contributed by atoms with E-state index in [0.717, 1.165) is 24.4 Å². The number of hydrogen-bond acceptors (Lipinski definition) is 1. The van der Waals surface area contributed by atoms with Crippen LogP contribution in [-0.4, -0.2) is 12.7 Å². The predicted molar refractivity (Wildman–Crippen MR) is 50.0 cm³/mol. The molecule has 2 fully saturated rings. The Kier molecular flexibility index (Phi) is 2.40. The maximum atomic E-state index is 5.75. The van der Waals surface area contributed by atoms with E-state index in [1.54, 1.807) is 0 Å². The van der Waals surface area contributed by atoms with Crippen molar-refractivity contribution in [2.75, 3.05) is 6.61 Å². The van der Waals surface area contributed by atoms with Gasteiger partial charge < -0.3 is 4.74 Å². The minimum absolute atomic E-state index is 0.651. The highest BCUT2D eigenvalue weighted by Crippen LogP contribution is 2.56. The number of ether oxygens (including phenoxy) is 1. The van der Waals surface area contributed by atoms with E-state index in [1.165, 1.54) is 25.7 Å². The summed E-state index contributed by atoms with van der Waals surface area (Å²) < 4.78 is 5.75. The molecule has 1 nitrogen and oxygen atoms in total. The third-order valence-corrected chi connectivity index (χ3v) is 3.77. The largest absolute Gasteiger partial charge is 0.378 e. The van der Waals surface area contributed by atoms with E-state index in [4.69, 9.17) is 4.74 Å². The molecule has 2 saturated carbocycles. The molecule has 0 aliphatic heterocycles. The first-order valence-corrected chi connectivity index (χ1v) is 5.48. The van der Waals surface area contributed by atoms with Gasteiger partial charge in [0.2, 0.25) is 0 Å². The first-order chi connectivity index (χ1) is 5.86. The monoisotopic (exact) mass is 168 g/mol. The van der Waals surface area contributed by atoms with Crippen LogP contribution in [0.5, 0.6) is 0 Å². The van der Waals surface area contributed by atoms with Crippen LogP contribution < -0.4 is 0 Å². The van der Waals surface area contributed by atoms with Crippen molar-refractivity contribution in [3.8, 4) is 0 Å². The molecule has 0 N–H and O–H groups in total. The zero-order valence-electron chi connectivity index (χ0n) is 8.25. The molecule has 70 valence electrons.